The van der Waals surface area contributed by atoms with Gasteiger partial charge in [0.2, 0.25) is 0 Å². The average molecular weight is 464 g/mol. The fourth-order valence-electron chi connectivity index (χ4n) is 3.54. The number of hydrogen-bond donors (Lipinski definition) is 4. The first-order valence-corrected chi connectivity index (χ1v) is 10.5. The van der Waals surface area contributed by atoms with Crippen LogP contribution in [0.1, 0.15) is 53.9 Å². The second-order valence-electron chi connectivity index (χ2n) is 7.45. The SMILES string of the molecule is CCOCCNC(=O)c1ccc(C(=O)Nc2ccc(C)cc2)c2c(C(=O)O)ccc(C(=O)O)c12. The van der Waals surface area contributed by atoms with Crippen molar-refractivity contribution < 1.29 is 34.1 Å². The van der Waals surface area contributed by atoms with E-state index in [-0.39, 0.29) is 46.2 Å². The Kier molecular flexibility index (Phi) is 7.60. The molecule has 3 aromatic carbocycles. The topological polar surface area (TPSA) is 142 Å². The first-order chi connectivity index (χ1) is 16.2. The molecule has 3 aromatic rings. The van der Waals surface area contributed by atoms with E-state index in [0.717, 1.165) is 17.7 Å². The van der Waals surface area contributed by atoms with Gasteiger partial charge in [-0.05, 0) is 50.2 Å². The molecular weight excluding hydrogens is 440 g/mol. The molecule has 0 saturated carbocycles. The standard InChI is InChI=1S/C25H24N2O7/c1-3-34-13-12-26-22(28)16-8-9-17(23(29)27-15-6-4-14(2)5-7-15)21-19(25(32)33)11-10-18(20(16)21)24(30)31/h4-11H,3,12-13H2,1-2H3,(H,26,28)(H,27,29)(H,30,31)(H,32,33). The fraction of sp³-hybridized carbons (Fsp3) is 0.200. The predicted octanol–water partition coefficient (Wildman–Crippen LogP) is 3.56. The average Bonchev–Trinajstić information content (AvgIpc) is 2.81. The molecule has 0 aliphatic carbocycles. The molecule has 3 rings (SSSR count). The van der Waals surface area contributed by atoms with Gasteiger partial charge in [-0.1, -0.05) is 17.7 Å². The fourth-order valence-corrected chi connectivity index (χ4v) is 3.54. The number of fused-ring (bicyclic) bond motifs is 1. The van der Waals surface area contributed by atoms with Crippen LogP contribution in [0.2, 0.25) is 0 Å². The number of carboxylic acids is 2. The van der Waals surface area contributed by atoms with E-state index < -0.39 is 23.8 Å². The van der Waals surface area contributed by atoms with Crippen molar-refractivity contribution in [2.24, 2.45) is 0 Å². The lowest BCUT2D eigenvalue weighted by molar-refractivity contribution is 0.0684. The lowest BCUT2D eigenvalue weighted by Crippen LogP contribution is -2.28. The summed E-state index contributed by atoms with van der Waals surface area (Å²) in [4.78, 5) is 50.0. The summed E-state index contributed by atoms with van der Waals surface area (Å²) in [7, 11) is 0. The molecule has 176 valence electrons. The van der Waals surface area contributed by atoms with Gasteiger partial charge in [-0.25, -0.2) is 9.59 Å². The van der Waals surface area contributed by atoms with Crippen molar-refractivity contribution in [2.75, 3.05) is 25.1 Å². The largest absolute Gasteiger partial charge is 0.478 e. The summed E-state index contributed by atoms with van der Waals surface area (Å²) in [5.74, 6) is -3.97. The minimum Gasteiger partial charge on any atom is -0.478 e. The van der Waals surface area contributed by atoms with Crippen molar-refractivity contribution >= 4 is 40.2 Å². The molecule has 0 radical (unpaired) electrons. The van der Waals surface area contributed by atoms with E-state index in [2.05, 4.69) is 10.6 Å². The molecule has 0 heterocycles. The molecule has 0 spiro atoms. The number of amides is 2. The van der Waals surface area contributed by atoms with Crippen LogP contribution in [-0.4, -0.2) is 53.7 Å². The first-order valence-electron chi connectivity index (χ1n) is 10.5. The second-order valence-corrected chi connectivity index (χ2v) is 7.45. The third kappa shape index (κ3) is 5.21. The summed E-state index contributed by atoms with van der Waals surface area (Å²) < 4.78 is 5.19. The molecule has 0 aliphatic heterocycles. The van der Waals surface area contributed by atoms with Crippen molar-refractivity contribution in [3.05, 3.63) is 76.3 Å². The molecule has 34 heavy (non-hydrogen) atoms. The molecule has 0 bridgehead atoms. The van der Waals surface area contributed by atoms with Crippen molar-refractivity contribution in [1.29, 1.82) is 0 Å². The minimum absolute atomic E-state index is 0.0566. The smallest absolute Gasteiger partial charge is 0.336 e. The van der Waals surface area contributed by atoms with E-state index in [0.29, 0.717) is 12.3 Å². The lowest BCUT2D eigenvalue weighted by atomic mass is 9.91. The molecule has 0 unspecified atom stereocenters. The van der Waals surface area contributed by atoms with Gasteiger partial charge in [-0.15, -0.1) is 0 Å². The van der Waals surface area contributed by atoms with Gasteiger partial charge < -0.3 is 25.6 Å². The van der Waals surface area contributed by atoms with Gasteiger partial charge in [-0.3, -0.25) is 9.59 Å². The van der Waals surface area contributed by atoms with Crippen LogP contribution in [0.3, 0.4) is 0 Å². The van der Waals surface area contributed by atoms with Crippen LogP contribution in [0, 0.1) is 6.92 Å². The number of benzene rings is 3. The number of carbonyl (C=O) groups is 4. The van der Waals surface area contributed by atoms with Crippen LogP contribution in [0.5, 0.6) is 0 Å². The highest BCUT2D eigenvalue weighted by atomic mass is 16.5. The Morgan fingerprint density at radius 3 is 1.76 bits per heavy atom. The van der Waals surface area contributed by atoms with Crippen LogP contribution in [0.25, 0.3) is 10.8 Å². The predicted molar refractivity (Wildman–Crippen MR) is 126 cm³/mol. The zero-order valence-corrected chi connectivity index (χ0v) is 18.7. The molecule has 4 N–H and O–H groups in total. The van der Waals surface area contributed by atoms with Gasteiger partial charge in [0.1, 0.15) is 0 Å². The molecular formula is C25H24N2O7. The number of rotatable bonds is 9. The number of carboxylic acid groups (broad SMARTS) is 2. The quantitative estimate of drug-likeness (QED) is 0.355. The molecule has 9 heteroatoms. The number of anilines is 1. The Balaban J connectivity index is 2.18. The normalized spacial score (nSPS) is 10.6. The zero-order valence-electron chi connectivity index (χ0n) is 18.7. The number of carbonyl (C=O) groups excluding carboxylic acids is 2. The van der Waals surface area contributed by atoms with Crippen LogP contribution in [0.4, 0.5) is 5.69 Å². The molecule has 9 nitrogen and oxygen atoms in total. The van der Waals surface area contributed by atoms with Crippen molar-refractivity contribution in [3.63, 3.8) is 0 Å². The van der Waals surface area contributed by atoms with Gasteiger partial charge >= 0.3 is 11.9 Å². The maximum absolute atomic E-state index is 13.1. The molecule has 0 atom stereocenters. The zero-order chi connectivity index (χ0) is 24.8. The molecule has 0 fully saturated rings. The number of nitrogens with one attached hydrogen (secondary N) is 2. The third-order valence-corrected chi connectivity index (χ3v) is 5.16. The van der Waals surface area contributed by atoms with Crippen LogP contribution >= 0.6 is 0 Å². The van der Waals surface area contributed by atoms with E-state index >= 15 is 0 Å². The summed E-state index contributed by atoms with van der Waals surface area (Å²) >= 11 is 0. The maximum atomic E-state index is 13.1. The molecule has 2 amide bonds. The number of aryl methyl sites for hydroxylation is 1. The first kappa shape index (κ1) is 24.4. The highest BCUT2D eigenvalue weighted by Gasteiger charge is 2.25. The maximum Gasteiger partial charge on any atom is 0.336 e. The lowest BCUT2D eigenvalue weighted by Gasteiger charge is -2.16. The summed E-state index contributed by atoms with van der Waals surface area (Å²) in [6, 6.07) is 11.9. The Morgan fingerprint density at radius 1 is 0.765 bits per heavy atom. The highest BCUT2D eigenvalue weighted by molar-refractivity contribution is 6.24. The highest BCUT2D eigenvalue weighted by Crippen LogP contribution is 2.31. The van der Waals surface area contributed by atoms with E-state index in [1.54, 1.807) is 24.3 Å². The van der Waals surface area contributed by atoms with Crippen molar-refractivity contribution in [2.45, 2.75) is 13.8 Å². The Labute approximate surface area is 195 Å². The monoisotopic (exact) mass is 464 g/mol. The summed E-state index contributed by atoms with van der Waals surface area (Å²) in [6.07, 6.45) is 0. The van der Waals surface area contributed by atoms with Gasteiger partial charge in [0.25, 0.3) is 11.8 Å². The number of hydrogen-bond acceptors (Lipinski definition) is 5. The van der Waals surface area contributed by atoms with Crippen molar-refractivity contribution in [3.8, 4) is 0 Å². The van der Waals surface area contributed by atoms with E-state index in [1.165, 1.54) is 12.1 Å². The number of ether oxygens (including phenoxy) is 1. The van der Waals surface area contributed by atoms with Crippen LogP contribution in [-0.2, 0) is 4.74 Å². The van der Waals surface area contributed by atoms with Crippen LogP contribution in [0.15, 0.2) is 48.5 Å². The van der Waals surface area contributed by atoms with Gasteiger partial charge in [0.05, 0.1) is 17.7 Å². The van der Waals surface area contributed by atoms with Gasteiger partial charge in [-0.2, -0.15) is 0 Å². The van der Waals surface area contributed by atoms with Gasteiger partial charge in [0, 0.05) is 40.7 Å². The molecule has 0 saturated heterocycles. The summed E-state index contributed by atoms with van der Waals surface area (Å²) in [6.45, 7) is 4.59. The number of aromatic carboxylic acids is 2. The van der Waals surface area contributed by atoms with Crippen molar-refractivity contribution in [1.82, 2.24) is 5.32 Å². The van der Waals surface area contributed by atoms with E-state index in [4.69, 9.17) is 4.74 Å². The van der Waals surface area contributed by atoms with Gasteiger partial charge in [0.15, 0.2) is 0 Å². The summed E-state index contributed by atoms with van der Waals surface area (Å²) in [5.41, 5.74) is 0.758. The third-order valence-electron chi connectivity index (χ3n) is 5.16. The van der Waals surface area contributed by atoms with E-state index in [9.17, 15) is 29.4 Å². The Morgan fingerprint density at radius 2 is 1.26 bits per heavy atom. The molecule has 0 aliphatic rings. The second kappa shape index (κ2) is 10.6. The molecule has 0 aromatic heterocycles. The Bertz CT molecular complexity index is 1270. The van der Waals surface area contributed by atoms with Crippen LogP contribution < -0.4 is 10.6 Å². The summed E-state index contributed by atoms with van der Waals surface area (Å²) in [5, 5.41) is 24.6. The van der Waals surface area contributed by atoms with E-state index in [1.807, 2.05) is 13.8 Å². The Hall–Kier alpha value is -4.24. The minimum atomic E-state index is -1.36.